The number of amides is 1. The highest BCUT2D eigenvalue weighted by Crippen LogP contribution is 2.32. The van der Waals surface area contributed by atoms with Crippen LogP contribution in [0, 0.1) is 0 Å². The zero-order chi connectivity index (χ0) is 23.2. The zero-order valence-electron chi connectivity index (χ0n) is 18.6. The number of aromatic nitrogens is 1. The molecule has 2 aliphatic rings. The summed E-state index contributed by atoms with van der Waals surface area (Å²) in [5.41, 5.74) is 2.54. The molecule has 1 aromatic heterocycles. The average molecular weight is 470 g/mol. The second kappa shape index (κ2) is 8.46. The van der Waals surface area contributed by atoms with Crippen LogP contribution in [-0.2, 0) is 27.8 Å². The van der Waals surface area contributed by atoms with Gasteiger partial charge in [0.05, 0.1) is 10.4 Å². The van der Waals surface area contributed by atoms with Gasteiger partial charge >= 0.3 is 5.76 Å². The first kappa shape index (κ1) is 21.9. The predicted octanol–water partition coefficient (Wildman–Crippen LogP) is 3.14. The van der Waals surface area contributed by atoms with E-state index in [9.17, 15) is 18.0 Å². The number of hydrogen-bond donors (Lipinski definition) is 0. The first-order valence-corrected chi connectivity index (χ1v) is 12.8. The molecule has 2 aromatic carbocycles. The molecule has 1 saturated heterocycles. The van der Waals surface area contributed by atoms with Crippen molar-refractivity contribution in [3.05, 3.63) is 58.6 Å². The lowest BCUT2D eigenvalue weighted by atomic mass is 10.1. The van der Waals surface area contributed by atoms with Crippen LogP contribution in [0.3, 0.4) is 0 Å². The number of carbonyl (C=O) groups is 1. The summed E-state index contributed by atoms with van der Waals surface area (Å²) in [6.45, 7) is 2.79. The minimum Gasteiger partial charge on any atom is -0.408 e. The fourth-order valence-corrected chi connectivity index (χ4v) is 6.48. The topological polar surface area (TPSA) is 92.8 Å². The molecule has 0 saturated carbocycles. The summed E-state index contributed by atoms with van der Waals surface area (Å²) < 4.78 is 34.4. The smallest absolute Gasteiger partial charge is 0.408 e. The lowest BCUT2D eigenvalue weighted by molar-refractivity contribution is -0.119. The molecule has 1 atom stereocenters. The second-order valence-corrected chi connectivity index (χ2v) is 10.8. The highest BCUT2D eigenvalue weighted by atomic mass is 32.2. The number of fused-ring (bicyclic) bond motifs is 2. The number of rotatable bonds is 4. The Kier molecular flexibility index (Phi) is 5.62. The summed E-state index contributed by atoms with van der Waals surface area (Å²) in [6, 6.07) is 12.2. The van der Waals surface area contributed by atoms with Gasteiger partial charge in [0.25, 0.3) is 0 Å². The van der Waals surface area contributed by atoms with Gasteiger partial charge in [0.2, 0.25) is 15.9 Å². The zero-order valence-corrected chi connectivity index (χ0v) is 19.4. The van der Waals surface area contributed by atoms with Crippen LogP contribution in [0.4, 0.5) is 5.69 Å². The molecule has 0 aliphatic carbocycles. The molecule has 2 aliphatic heterocycles. The molecule has 5 rings (SSSR count). The van der Waals surface area contributed by atoms with E-state index in [2.05, 4.69) is 0 Å². The fraction of sp³-hybridized carbons (Fsp3) is 0.417. The van der Waals surface area contributed by atoms with Crippen molar-refractivity contribution < 1.29 is 17.6 Å². The minimum absolute atomic E-state index is 0.00543. The first-order valence-electron chi connectivity index (χ1n) is 11.4. The number of nitrogens with zero attached hydrogens (tertiary/aromatic N) is 3. The summed E-state index contributed by atoms with van der Waals surface area (Å²) in [5.74, 6) is -0.888. The summed E-state index contributed by atoms with van der Waals surface area (Å²) in [4.78, 5) is 27.6. The SMILES string of the molecule is CC1Cc2ccccc2N1C(=O)Cn1c(=O)oc2cc(S(=O)(=O)N3CCCCCC3)ccc21. The van der Waals surface area contributed by atoms with Gasteiger partial charge in [0.1, 0.15) is 6.54 Å². The molecule has 8 nitrogen and oxygen atoms in total. The van der Waals surface area contributed by atoms with Gasteiger partial charge in [-0.05, 0) is 49.9 Å². The van der Waals surface area contributed by atoms with Gasteiger partial charge in [0, 0.05) is 30.9 Å². The third-order valence-corrected chi connectivity index (χ3v) is 8.51. The number of anilines is 1. The molecular weight excluding hydrogens is 442 g/mol. The quantitative estimate of drug-likeness (QED) is 0.585. The van der Waals surface area contributed by atoms with Crippen molar-refractivity contribution >= 4 is 32.7 Å². The van der Waals surface area contributed by atoms with E-state index >= 15 is 0 Å². The van der Waals surface area contributed by atoms with E-state index in [0.717, 1.165) is 43.4 Å². The highest BCUT2D eigenvalue weighted by Gasteiger charge is 2.31. The van der Waals surface area contributed by atoms with Crippen molar-refractivity contribution in [2.75, 3.05) is 18.0 Å². The Balaban J connectivity index is 1.44. The Morgan fingerprint density at radius 1 is 1.06 bits per heavy atom. The van der Waals surface area contributed by atoms with Crippen molar-refractivity contribution in [3.63, 3.8) is 0 Å². The Hall–Kier alpha value is -2.91. The van der Waals surface area contributed by atoms with Gasteiger partial charge in [-0.1, -0.05) is 31.0 Å². The Bertz CT molecular complexity index is 1370. The van der Waals surface area contributed by atoms with Crippen LogP contribution in [0.5, 0.6) is 0 Å². The number of sulfonamides is 1. The lowest BCUT2D eigenvalue weighted by Gasteiger charge is -2.22. The van der Waals surface area contributed by atoms with Crippen molar-refractivity contribution in [2.24, 2.45) is 0 Å². The van der Waals surface area contributed by atoms with E-state index in [-0.39, 0.29) is 29.0 Å². The molecule has 0 N–H and O–H groups in total. The first-order chi connectivity index (χ1) is 15.9. The van der Waals surface area contributed by atoms with Crippen LogP contribution >= 0.6 is 0 Å². The van der Waals surface area contributed by atoms with Crippen LogP contribution in [0.25, 0.3) is 11.1 Å². The molecule has 3 aromatic rings. The third-order valence-electron chi connectivity index (χ3n) is 6.61. The monoisotopic (exact) mass is 469 g/mol. The molecule has 9 heteroatoms. The Labute approximate surface area is 192 Å². The predicted molar refractivity (Wildman–Crippen MR) is 125 cm³/mol. The fourth-order valence-electron chi connectivity index (χ4n) is 4.95. The van der Waals surface area contributed by atoms with Gasteiger partial charge in [0.15, 0.2) is 5.58 Å². The summed E-state index contributed by atoms with van der Waals surface area (Å²) >= 11 is 0. The average Bonchev–Trinajstić information content (AvgIpc) is 3.12. The molecule has 0 spiro atoms. The molecule has 174 valence electrons. The maximum atomic E-state index is 13.2. The number of carbonyl (C=O) groups excluding carboxylic acids is 1. The largest absolute Gasteiger partial charge is 0.420 e. The number of oxazole rings is 1. The molecule has 1 fully saturated rings. The number of hydrogen-bond acceptors (Lipinski definition) is 5. The maximum Gasteiger partial charge on any atom is 0.420 e. The van der Waals surface area contributed by atoms with E-state index in [4.69, 9.17) is 4.42 Å². The van der Waals surface area contributed by atoms with Gasteiger partial charge in [-0.2, -0.15) is 4.31 Å². The number of benzene rings is 2. The highest BCUT2D eigenvalue weighted by molar-refractivity contribution is 7.89. The van der Waals surface area contributed by atoms with E-state index in [1.165, 1.54) is 21.0 Å². The summed E-state index contributed by atoms with van der Waals surface area (Å²) in [5, 5.41) is 0. The van der Waals surface area contributed by atoms with Crippen LogP contribution < -0.4 is 10.7 Å². The van der Waals surface area contributed by atoms with Crippen molar-refractivity contribution in [3.8, 4) is 0 Å². The number of para-hydroxylation sites is 1. The van der Waals surface area contributed by atoms with Gasteiger partial charge in [-0.3, -0.25) is 9.36 Å². The molecule has 3 heterocycles. The third kappa shape index (κ3) is 3.89. The summed E-state index contributed by atoms with van der Waals surface area (Å²) in [6.07, 6.45) is 4.49. The molecule has 0 bridgehead atoms. The van der Waals surface area contributed by atoms with Crippen LogP contribution in [0.15, 0.2) is 56.6 Å². The van der Waals surface area contributed by atoms with E-state index in [0.29, 0.717) is 18.6 Å². The molecule has 1 amide bonds. The van der Waals surface area contributed by atoms with Crippen molar-refractivity contribution in [1.29, 1.82) is 0 Å². The summed E-state index contributed by atoms with van der Waals surface area (Å²) in [7, 11) is -3.67. The minimum atomic E-state index is -3.67. The van der Waals surface area contributed by atoms with E-state index < -0.39 is 15.8 Å². The van der Waals surface area contributed by atoms with Crippen LogP contribution in [0.2, 0.25) is 0 Å². The molecule has 33 heavy (non-hydrogen) atoms. The molecule has 0 radical (unpaired) electrons. The van der Waals surface area contributed by atoms with Gasteiger partial charge in [-0.15, -0.1) is 0 Å². The van der Waals surface area contributed by atoms with Crippen molar-refractivity contribution in [2.45, 2.75) is 56.5 Å². The van der Waals surface area contributed by atoms with Crippen LogP contribution in [-0.4, -0.2) is 42.3 Å². The van der Waals surface area contributed by atoms with E-state index in [1.54, 1.807) is 11.0 Å². The van der Waals surface area contributed by atoms with E-state index in [1.807, 2.05) is 31.2 Å². The normalized spacial score (nSPS) is 19.5. The Morgan fingerprint density at radius 3 is 2.55 bits per heavy atom. The van der Waals surface area contributed by atoms with Gasteiger partial charge in [-0.25, -0.2) is 13.2 Å². The van der Waals surface area contributed by atoms with Crippen LogP contribution in [0.1, 0.15) is 38.2 Å². The van der Waals surface area contributed by atoms with Gasteiger partial charge < -0.3 is 9.32 Å². The lowest BCUT2D eigenvalue weighted by Crippen LogP contribution is -2.39. The molecular formula is C24H27N3O5S. The molecule has 1 unspecified atom stereocenters. The second-order valence-electron chi connectivity index (χ2n) is 8.85. The van der Waals surface area contributed by atoms with Crippen molar-refractivity contribution in [1.82, 2.24) is 8.87 Å². The Morgan fingerprint density at radius 2 is 1.79 bits per heavy atom. The standard InChI is InChI=1S/C24H27N3O5S/c1-17-14-18-8-4-5-9-20(18)27(17)23(28)16-26-21-11-10-19(15-22(21)32-24(26)29)33(30,31)25-12-6-2-3-7-13-25/h4-5,8-11,15,17H,2-3,6-7,12-14,16H2,1H3. The maximum absolute atomic E-state index is 13.2.